The van der Waals surface area contributed by atoms with Crippen LogP contribution in [0.4, 0.5) is 0 Å². The number of phenolic OH excluding ortho intramolecular Hbond substituents is 5. The minimum atomic E-state index is -0.488. The largest absolute Gasteiger partial charge is 0.508 e. The van der Waals surface area contributed by atoms with Crippen LogP contribution < -0.4 is 9.47 Å². The van der Waals surface area contributed by atoms with Crippen LogP contribution in [0, 0.1) is 20.8 Å². The van der Waals surface area contributed by atoms with E-state index in [0.29, 0.717) is 63.7 Å². The van der Waals surface area contributed by atoms with Gasteiger partial charge in [0.15, 0.2) is 23.0 Å². The molecule has 5 aromatic carbocycles. The Balaban J connectivity index is 0.000000401. The van der Waals surface area contributed by atoms with E-state index >= 15 is 0 Å². The number of ether oxygens (including phenoxy) is 7. The van der Waals surface area contributed by atoms with Crippen molar-refractivity contribution in [2.75, 3.05) is 48.8 Å². The standard InChI is InChI=1S/C11H14O4.C9H10O4.3C9H10O3/c1-3-14-10-7-8(5-6-9(10)12)11(13)15-4-2;1-12-8-4-3-6(5-7(8)10)9(11)13-2;1-6-5-7(10)3-4-8(6)9(11)12-2;1-6-5-7(9(11)12-2)3-4-8(6)10;1-6-3-4-7(5-8(6)10)9(11)12-2/h5-7,12H,3-4H2,1-2H3;3-5,10H,1-2H3;3*3-5,10H,1-2H3. The lowest BCUT2D eigenvalue weighted by molar-refractivity contribution is 0.0522. The van der Waals surface area contributed by atoms with E-state index in [1.807, 2.05) is 0 Å². The first kappa shape index (κ1) is 54.1. The van der Waals surface area contributed by atoms with Crippen LogP contribution in [-0.4, -0.2) is 104 Å². The normalized spacial score (nSPS) is 9.53. The molecule has 17 nitrogen and oxygen atoms in total. The summed E-state index contributed by atoms with van der Waals surface area (Å²) in [5.41, 5.74) is 4.07. The topological polar surface area (TPSA) is 251 Å². The van der Waals surface area contributed by atoms with Gasteiger partial charge in [-0.15, -0.1) is 0 Å². The molecule has 0 aliphatic heterocycles. The highest BCUT2D eigenvalue weighted by atomic mass is 16.5. The van der Waals surface area contributed by atoms with Gasteiger partial charge in [-0.3, -0.25) is 0 Å². The summed E-state index contributed by atoms with van der Waals surface area (Å²) in [7, 11) is 6.68. The van der Waals surface area contributed by atoms with Crippen LogP contribution >= 0.6 is 0 Å². The van der Waals surface area contributed by atoms with Crippen molar-refractivity contribution in [1.82, 2.24) is 0 Å². The minimum Gasteiger partial charge on any atom is -0.508 e. The Kier molecular flexibility index (Phi) is 23.5. The number of benzene rings is 5. The number of carbonyl (C=O) groups excluding carboxylic acids is 5. The Morgan fingerprint density at radius 3 is 1.36 bits per heavy atom. The second kappa shape index (κ2) is 27.8. The number of carbonyl (C=O) groups is 5. The second-order valence-corrected chi connectivity index (χ2v) is 12.7. The lowest BCUT2D eigenvalue weighted by Gasteiger charge is -2.07. The first-order valence-corrected chi connectivity index (χ1v) is 19.0. The second-order valence-electron chi connectivity index (χ2n) is 12.7. The van der Waals surface area contributed by atoms with Gasteiger partial charge in [0.2, 0.25) is 0 Å². The molecule has 5 rings (SSSR count). The van der Waals surface area contributed by atoms with E-state index in [9.17, 15) is 39.3 Å². The van der Waals surface area contributed by atoms with Gasteiger partial charge in [0.25, 0.3) is 0 Å². The molecule has 0 aliphatic rings. The highest BCUT2D eigenvalue weighted by Gasteiger charge is 2.12. The third-order valence-corrected chi connectivity index (χ3v) is 8.23. The zero-order chi connectivity index (χ0) is 48.5. The Morgan fingerprint density at radius 2 is 0.906 bits per heavy atom. The molecule has 0 amide bonds. The molecule has 17 heteroatoms. The van der Waals surface area contributed by atoms with Crippen molar-refractivity contribution in [3.63, 3.8) is 0 Å². The number of hydrogen-bond acceptors (Lipinski definition) is 17. The fourth-order valence-electron chi connectivity index (χ4n) is 4.80. The number of phenols is 5. The third kappa shape index (κ3) is 17.6. The third-order valence-electron chi connectivity index (χ3n) is 8.23. The van der Waals surface area contributed by atoms with Crippen LogP contribution in [0.3, 0.4) is 0 Å². The van der Waals surface area contributed by atoms with Gasteiger partial charge in [0, 0.05) is 0 Å². The Morgan fingerprint density at radius 1 is 0.422 bits per heavy atom. The molecule has 0 bridgehead atoms. The number of rotatable bonds is 9. The number of esters is 5. The molecule has 0 atom stereocenters. The van der Waals surface area contributed by atoms with Crippen molar-refractivity contribution in [3.05, 3.63) is 136 Å². The quantitative estimate of drug-likeness (QED) is 0.0705. The monoisotopic (exact) mass is 890 g/mol. The van der Waals surface area contributed by atoms with Crippen LogP contribution in [0.25, 0.3) is 0 Å². The first-order valence-electron chi connectivity index (χ1n) is 19.0. The summed E-state index contributed by atoms with van der Waals surface area (Å²) in [6.07, 6.45) is 0. The van der Waals surface area contributed by atoms with E-state index in [2.05, 4.69) is 18.9 Å². The molecule has 0 saturated heterocycles. The highest BCUT2D eigenvalue weighted by molar-refractivity contribution is 5.92. The molecule has 5 N–H and O–H groups in total. The van der Waals surface area contributed by atoms with Gasteiger partial charge in [-0.25, -0.2) is 24.0 Å². The van der Waals surface area contributed by atoms with Crippen molar-refractivity contribution in [3.8, 4) is 40.2 Å². The molecule has 0 fully saturated rings. The molecular formula is C47H54O17. The number of aromatic hydroxyl groups is 5. The molecule has 0 unspecified atom stereocenters. The average Bonchev–Trinajstić information content (AvgIpc) is 3.28. The molecule has 5 aromatic rings. The summed E-state index contributed by atoms with van der Waals surface area (Å²) in [5.74, 6) is -1.11. The van der Waals surface area contributed by atoms with Gasteiger partial charge in [-0.2, -0.15) is 0 Å². The zero-order valence-electron chi connectivity index (χ0n) is 37.2. The van der Waals surface area contributed by atoms with E-state index in [1.54, 1.807) is 52.8 Å². The summed E-state index contributed by atoms with van der Waals surface area (Å²) in [5, 5.41) is 46.1. The van der Waals surface area contributed by atoms with Crippen LogP contribution in [0.15, 0.2) is 91.0 Å². The van der Waals surface area contributed by atoms with Crippen molar-refractivity contribution >= 4 is 29.8 Å². The summed E-state index contributed by atoms with van der Waals surface area (Å²) in [4.78, 5) is 55.3. The van der Waals surface area contributed by atoms with E-state index < -0.39 is 23.9 Å². The Bertz CT molecular complexity index is 2270. The first-order chi connectivity index (χ1) is 30.3. The SMILES string of the molecule is CCOC(=O)c1ccc(O)c(OCC)c1.COC(=O)c1ccc(C)c(O)c1.COC(=O)c1ccc(O)c(C)c1.COC(=O)c1ccc(O)cc1C.COC(=O)c1ccc(OC)c(O)c1. The fraction of sp³-hybridized carbons (Fsp3) is 0.255. The number of aryl methyl sites for hydroxylation is 3. The predicted octanol–water partition coefficient (Wildman–Crippen LogP) is 7.62. The maximum absolute atomic E-state index is 11.4. The van der Waals surface area contributed by atoms with E-state index in [4.69, 9.17) is 24.4 Å². The summed E-state index contributed by atoms with van der Waals surface area (Å²) < 4.78 is 32.8. The summed E-state index contributed by atoms with van der Waals surface area (Å²) in [6.45, 7) is 9.52. The van der Waals surface area contributed by atoms with Gasteiger partial charge in [0.05, 0.1) is 76.6 Å². The van der Waals surface area contributed by atoms with Gasteiger partial charge >= 0.3 is 29.8 Å². The van der Waals surface area contributed by atoms with Crippen LogP contribution in [-0.2, 0) is 23.7 Å². The predicted molar refractivity (Wildman–Crippen MR) is 234 cm³/mol. The Hall–Kier alpha value is -7.95. The van der Waals surface area contributed by atoms with Crippen LogP contribution in [0.5, 0.6) is 40.2 Å². The average molecular weight is 891 g/mol. The van der Waals surface area contributed by atoms with Crippen molar-refractivity contribution < 1.29 is 82.7 Å². The summed E-state index contributed by atoms with van der Waals surface area (Å²) in [6, 6.07) is 22.5. The fourth-order valence-corrected chi connectivity index (χ4v) is 4.80. The van der Waals surface area contributed by atoms with Gasteiger partial charge in [-0.05, 0) is 136 Å². The van der Waals surface area contributed by atoms with Crippen molar-refractivity contribution in [1.29, 1.82) is 0 Å². The van der Waals surface area contributed by atoms with E-state index in [0.717, 1.165) is 5.56 Å². The van der Waals surface area contributed by atoms with Crippen molar-refractivity contribution in [2.45, 2.75) is 34.6 Å². The van der Waals surface area contributed by atoms with E-state index in [1.165, 1.54) is 108 Å². The molecular weight excluding hydrogens is 836 g/mol. The van der Waals surface area contributed by atoms with Gasteiger partial charge in [0.1, 0.15) is 17.2 Å². The van der Waals surface area contributed by atoms with Gasteiger partial charge in [-0.1, -0.05) is 6.07 Å². The molecule has 64 heavy (non-hydrogen) atoms. The molecule has 0 heterocycles. The maximum Gasteiger partial charge on any atom is 0.338 e. The Labute approximate surface area is 370 Å². The smallest absolute Gasteiger partial charge is 0.338 e. The molecule has 0 radical (unpaired) electrons. The lowest BCUT2D eigenvalue weighted by Crippen LogP contribution is -2.05. The molecule has 344 valence electrons. The maximum atomic E-state index is 11.4. The van der Waals surface area contributed by atoms with Crippen LogP contribution in [0.1, 0.15) is 82.3 Å². The molecule has 0 spiro atoms. The van der Waals surface area contributed by atoms with Gasteiger partial charge < -0.3 is 58.7 Å². The molecule has 0 saturated carbocycles. The highest BCUT2D eigenvalue weighted by Crippen LogP contribution is 2.28. The van der Waals surface area contributed by atoms with Crippen LogP contribution in [0.2, 0.25) is 0 Å². The lowest BCUT2D eigenvalue weighted by atomic mass is 10.1. The number of methoxy groups -OCH3 is 5. The zero-order valence-corrected chi connectivity index (χ0v) is 37.2. The molecule has 0 aromatic heterocycles. The minimum absolute atomic E-state index is 0.0184. The summed E-state index contributed by atoms with van der Waals surface area (Å²) >= 11 is 0. The number of hydrogen-bond donors (Lipinski definition) is 5. The van der Waals surface area contributed by atoms with E-state index in [-0.39, 0.29) is 34.7 Å². The molecule has 0 aliphatic carbocycles. The van der Waals surface area contributed by atoms with Crippen molar-refractivity contribution in [2.24, 2.45) is 0 Å².